The lowest BCUT2D eigenvalue weighted by molar-refractivity contribution is -0.138. The molecule has 2 rings (SSSR count). The zero-order valence-electron chi connectivity index (χ0n) is 5.82. The first-order chi connectivity index (χ1) is 5.68. The topological polar surface area (TPSA) is 49.7 Å². The molecule has 2 aliphatic heterocycles. The Morgan fingerprint density at radius 2 is 2.17 bits per heavy atom. The molecule has 0 radical (unpaired) electrons. The van der Waals surface area contributed by atoms with Gasteiger partial charge in [0.15, 0.2) is 0 Å². The molecule has 0 N–H and O–H groups in total. The van der Waals surface area contributed by atoms with E-state index in [9.17, 15) is 9.59 Å². The van der Waals surface area contributed by atoms with Crippen molar-refractivity contribution in [2.75, 3.05) is 0 Å². The van der Waals surface area contributed by atoms with E-state index in [0.29, 0.717) is 5.03 Å². The van der Waals surface area contributed by atoms with Crippen molar-refractivity contribution in [1.82, 2.24) is 4.90 Å². The highest BCUT2D eigenvalue weighted by Crippen LogP contribution is 2.16. The molecular weight excluding hydrogens is 180 g/mol. The molecule has 0 aliphatic carbocycles. The van der Waals surface area contributed by atoms with E-state index in [1.807, 2.05) is 0 Å². The van der Waals surface area contributed by atoms with Crippen molar-refractivity contribution in [2.24, 2.45) is 4.99 Å². The van der Waals surface area contributed by atoms with Gasteiger partial charge in [0.1, 0.15) is 5.84 Å². The molecule has 0 aromatic carbocycles. The molecule has 0 unspecified atom stereocenters. The quantitative estimate of drug-likeness (QED) is 0.510. The van der Waals surface area contributed by atoms with Gasteiger partial charge in [-0.25, -0.2) is 0 Å². The number of rotatable bonds is 0. The summed E-state index contributed by atoms with van der Waals surface area (Å²) in [6.07, 6.45) is 4.41. The molecule has 2 heterocycles. The molecule has 0 aromatic heterocycles. The second-order valence-corrected chi connectivity index (χ2v) is 2.73. The predicted molar refractivity (Wildman–Crippen MR) is 42.4 cm³/mol. The molecular formula is C7H3ClN2O2. The summed E-state index contributed by atoms with van der Waals surface area (Å²) in [5.74, 6) is -1.10. The maximum Gasteiger partial charge on any atom is 0.337 e. The SMILES string of the molecule is O=C1N=C2C=C(Cl)C=CN2C1=O. The Morgan fingerprint density at radius 3 is 2.92 bits per heavy atom. The molecule has 0 fully saturated rings. The standard InChI is InChI=1S/C7H3ClN2O2/c8-4-1-2-10-5(3-4)9-6(11)7(10)12/h1-3H. The highest BCUT2D eigenvalue weighted by Gasteiger charge is 2.31. The number of amides is 2. The number of carbonyl (C=O) groups is 2. The van der Waals surface area contributed by atoms with Gasteiger partial charge in [0.05, 0.1) is 0 Å². The molecule has 0 saturated carbocycles. The van der Waals surface area contributed by atoms with Gasteiger partial charge in [-0.05, 0) is 6.08 Å². The molecule has 4 nitrogen and oxygen atoms in total. The Kier molecular flexibility index (Phi) is 1.38. The molecule has 0 aromatic rings. The minimum Gasteiger partial charge on any atom is -0.263 e. The van der Waals surface area contributed by atoms with Crippen LogP contribution in [0.1, 0.15) is 0 Å². The average molecular weight is 183 g/mol. The summed E-state index contributed by atoms with van der Waals surface area (Å²) in [6, 6.07) is 0. The van der Waals surface area contributed by atoms with Crippen molar-refractivity contribution < 1.29 is 9.59 Å². The Balaban J connectivity index is 2.47. The van der Waals surface area contributed by atoms with Crippen LogP contribution >= 0.6 is 11.6 Å². The number of hydrogen-bond acceptors (Lipinski definition) is 2. The van der Waals surface area contributed by atoms with Crippen LogP contribution in [0.3, 0.4) is 0 Å². The summed E-state index contributed by atoms with van der Waals surface area (Å²) in [5, 5.41) is 0.451. The van der Waals surface area contributed by atoms with Crippen molar-refractivity contribution in [3.63, 3.8) is 0 Å². The fourth-order valence-corrected chi connectivity index (χ4v) is 1.13. The summed E-state index contributed by atoms with van der Waals surface area (Å²) in [5.41, 5.74) is 0. The van der Waals surface area contributed by atoms with E-state index < -0.39 is 11.8 Å². The van der Waals surface area contributed by atoms with Crippen molar-refractivity contribution in [3.8, 4) is 0 Å². The van der Waals surface area contributed by atoms with Crippen LogP contribution in [0.5, 0.6) is 0 Å². The van der Waals surface area contributed by atoms with E-state index in [1.54, 1.807) is 0 Å². The number of hydrogen-bond donors (Lipinski definition) is 0. The summed E-state index contributed by atoms with van der Waals surface area (Å²) in [6.45, 7) is 0. The molecule has 2 amide bonds. The van der Waals surface area contributed by atoms with Crippen LogP contribution in [0.15, 0.2) is 28.4 Å². The zero-order chi connectivity index (χ0) is 8.72. The van der Waals surface area contributed by atoms with Crippen molar-refractivity contribution in [3.05, 3.63) is 23.4 Å². The molecule has 2 aliphatic rings. The Hall–Kier alpha value is -1.42. The summed E-state index contributed by atoms with van der Waals surface area (Å²) in [4.78, 5) is 26.4. The van der Waals surface area contributed by atoms with E-state index in [1.165, 1.54) is 18.4 Å². The fourth-order valence-electron chi connectivity index (χ4n) is 0.976. The maximum atomic E-state index is 11.0. The van der Waals surface area contributed by atoms with Gasteiger partial charge in [0.2, 0.25) is 0 Å². The molecule has 0 saturated heterocycles. The Labute approximate surface area is 72.8 Å². The third-order valence-electron chi connectivity index (χ3n) is 1.51. The summed E-state index contributed by atoms with van der Waals surface area (Å²) >= 11 is 5.62. The minimum atomic E-state index is -0.753. The van der Waals surface area contributed by atoms with Gasteiger partial charge in [-0.1, -0.05) is 11.6 Å². The number of amidine groups is 1. The van der Waals surface area contributed by atoms with Crippen LogP contribution in [0.2, 0.25) is 0 Å². The lowest BCUT2D eigenvalue weighted by atomic mass is 10.3. The summed E-state index contributed by atoms with van der Waals surface area (Å²) in [7, 11) is 0. The number of fused-ring (bicyclic) bond motifs is 1. The number of carbonyl (C=O) groups excluding carboxylic acids is 2. The normalized spacial score (nSPS) is 20.9. The first-order valence-electron chi connectivity index (χ1n) is 3.20. The number of halogens is 1. The van der Waals surface area contributed by atoms with Crippen LogP contribution in [0, 0.1) is 0 Å². The number of allylic oxidation sites excluding steroid dienone is 2. The Morgan fingerprint density at radius 1 is 1.42 bits per heavy atom. The van der Waals surface area contributed by atoms with Gasteiger partial charge >= 0.3 is 11.8 Å². The van der Waals surface area contributed by atoms with Crippen LogP contribution in [-0.4, -0.2) is 22.5 Å². The van der Waals surface area contributed by atoms with Crippen molar-refractivity contribution in [2.45, 2.75) is 0 Å². The highest BCUT2D eigenvalue weighted by atomic mass is 35.5. The van der Waals surface area contributed by atoms with Crippen LogP contribution < -0.4 is 0 Å². The maximum absolute atomic E-state index is 11.0. The molecule has 0 atom stereocenters. The number of nitrogens with zero attached hydrogens (tertiary/aromatic N) is 2. The molecule has 12 heavy (non-hydrogen) atoms. The highest BCUT2D eigenvalue weighted by molar-refractivity contribution is 6.46. The summed E-state index contributed by atoms with van der Waals surface area (Å²) < 4.78 is 0. The average Bonchev–Trinajstić information content (AvgIpc) is 2.28. The van der Waals surface area contributed by atoms with E-state index in [-0.39, 0.29) is 5.84 Å². The smallest absolute Gasteiger partial charge is 0.263 e. The lowest BCUT2D eigenvalue weighted by Crippen LogP contribution is -2.29. The van der Waals surface area contributed by atoms with E-state index >= 15 is 0 Å². The van der Waals surface area contributed by atoms with Gasteiger partial charge in [-0.15, -0.1) is 0 Å². The van der Waals surface area contributed by atoms with Crippen LogP contribution in [-0.2, 0) is 9.59 Å². The first kappa shape index (κ1) is 7.24. The van der Waals surface area contributed by atoms with Gasteiger partial charge in [0, 0.05) is 17.3 Å². The largest absolute Gasteiger partial charge is 0.337 e. The monoisotopic (exact) mass is 182 g/mol. The second-order valence-electron chi connectivity index (χ2n) is 2.30. The third kappa shape index (κ3) is 0.887. The van der Waals surface area contributed by atoms with Gasteiger partial charge in [-0.2, -0.15) is 4.99 Å². The van der Waals surface area contributed by atoms with Crippen molar-refractivity contribution in [1.29, 1.82) is 0 Å². The fraction of sp³-hybridized carbons (Fsp3) is 0. The molecule has 60 valence electrons. The van der Waals surface area contributed by atoms with E-state index in [4.69, 9.17) is 11.6 Å². The third-order valence-corrected chi connectivity index (χ3v) is 1.75. The minimum absolute atomic E-state index is 0.289. The second kappa shape index (κ2) is 2.28. The van der Waals surface area contributed by atoms with Crippen molar-refractivity contribution >= 4 is 29.3 Å². The predicted octanol–water partition coefficient (Wildman–Crippen LogP) is 0.404. The van der Waals surface area contributed by atoms with Crippen LogP contribution in [0.25, 0.3) is 0 Å². The first-order valence-corrected chi connectivity index (χ1v) is 3.58. The zero-order valence-corrected chi connectivity index (χ0v) is 6.58. The Bertz CT molecular complexity index is 368. The van der Waals surface area contributed by atoms with E-state index in [0.717, 1.165) is 4.90 Å². The van der Waals surface area contributed by atoms with Gasteiger partial charge in [-0.3, -0.25) is 14.5 Å². The van der Waals surface area contributed by atoms with Gasteiger partial charge < -0.3 is 0 Å². The molecule has 0 spiro atoms. The van der Waals surface area contributed by atoms with Crippen LogP contribution in [0.4, 0.5) is 0 Å². The molecule has 5 heteroatoms. The lowest BCUT2D eigenvalue weighted by Gasteiger charge is -2.12. The number of aliphatic imine (C=N–C) groups is 1. The molecule has 0 bridgehead atoms. The van der Waals surface area contributed by atoms with E-state index in [2.05, 4.69) is 4.99 Å². The van der Waals surface area contributed by atoms with Gasteiger partial charge in [0.25, 0.3) is 0 Å².